The van der Waals surface area contributed by atoms with Crippen LogP contribution < -0.4 is 0 Å². The monoisotopic (exact) mass is 522 g/mol. The minimum atomic E-state index is -1.31. The molecule has 0 spiro atoms. The van der Waals surface area contributed by atoms with Crippen LogP contribution in [-0.4, -0.2) is 72.9 Å². The number of carbonyl (C=O) groups is 2. The van der Waals surface area contributed by atoms with Gasteiger partial charge in [-0.25, -0.2) is 0 Å². The normalized spacial score (nSPS) is 45.3. The summed E-state index contributed by atoms with van der Waals surface area (Å²) >= 11 is 0. The molecule has 210 valence electrons. The fraction of sp³-hybridized carbons (Fsp3) is 0.862. The molecule has 4 aliphatic carbocycles. The third-order valence-corrected chi connectivity index (χ3v) is 10.7. The first-order valence-corrected chi connectivity index (χ1v) is 13.9. The zero-order chi connectivity index (χ0) is 27.7. The molecule has 0 heterocycles. The number of aliphatic hydroxyl groups is 5. The number of rotatable bonds is 6. The lowest BCUT2D eigenvalue weighted by Crippen LogP contribution is -2.65. The van der Waals surface area contributed by atoms with Crippen molar-refractivity contribution in [1.82, 2.24) is 0 Å². The first-order valence-electron chi connectivity index (χ1n) is 13.9. The minimum Gasteiger partial charge on any atom is -0.460 e. The first-order chi connectivity index (χ1) is 16.9. The standard InChI is InChI=1S/C29H46O8/c1-15(20(31)8-9-26(3,4)35)17-7-10-29(36)19-11-21(32)18-12-24(37-16(2)30)22(33)13-27(18,5)25(19)23(34)14-28(17,29)6/h11,15,17-18,20,22-25,31,33-36H,7-10,12-14H2,1-6H3/t15-,17+,18-,20+,22-,23?,24+,25+,27-,28+,29+/m0/s1. The quantitative estimate of drug-likeness (QED) is 0.334. The number of ketones is 1. The molecule has 1 unspecified atom stereocenters. The lowest BCUT2D eigenvalue weighted by Gasteiger charge is -2.61. The number of aliphatic hydroxyl groups excluding tert-OH is 3. The van der Waals surface area contributed by atoms with Crippen LogP contribution in [0.4, 0.5) is 0 Å². The summed E-state index contributed by atoms with van der Waals surface area (Å²) in [4.78, 5) is 25.1. The SMILES string of the molecule is CC(=O)O[C@@H]1C[C@H]2C(=O)C=C3[C@H](C(O)C[C@]4(C)[C@@H]([C@H](C)[C@H](O)CCC(C)(C)O)CC[C@@]34O)[C@@]2(C)C[C@@H]1O. The van der Waals surface area contributed by atoms with Gasteiger partial charge in [-0.05, 0) is 87.7 Å². The van der Waals surface area contributed by atoms with E-state index < -0.39 is 64.3 Å². The second kappa shape index (κ2) is 9.40. The van der Waals surface area contributed by atoms with Crippen LogP contribution in [0.5, 0.6) is 0 Å². The van der Waals surface area contributed by atoms with Gasteiger partial charge in [0.1, 0.15) is 6.10 Å². The van der Waals surface area contributed by atoms with Gasteiger partial charge in [-0.3, -0.25) is 9.59 Å². The summed E-state index contributed by atoms with van der Waals surface area (Å²) in [6.45, 7) is 10.6. The molecule has 0 radical (unpaired) electrons. The zero-order valence-electron chi connectivity index (χ0n) is 23.1. The van der Waals surface area contributed by atoms with Gasteiger partial charge in [-0.1, -0.05) is 20.8 Å². The summed E-state index contributed by atoms with van der Waals surface area (Å²) in [5, 5.41) is 55.9. The van der Waals surface area contributed by atoms with Gasteiger partial charge in [0.2, 0.25) is 0 Å². The fourth-order valence-corrected chi connectivity index (χ4v) is 8.73. The zero-order valence-corrected chi connectivity index (χ0v) is 23.1. The number of hydrogen-bond donors (Lipinski definition) is 5. The van der Waals surface area contributed by atoms with E-state index in [-0.39, 0.29) is 30.5 Å². The van der Waals surface area contributed by atoms with E-state index in [4.69, 9.17) is 4.74 Å². The van der Waals surface area contributed by atoms with E-state index in [1.165, 1.54) is 13.0 Å². The first kappa shape index (κ1) is 28.7. The number of carbonyl (C=O) groups excluding carboxylic acids is 2. The molecule has 0 amide bonds. The third kappa shape index (κ3) is 4.61. The van der Waals surface area contributed by atoms with Crippen molar-refractivity contribution < 1.29 is 39.9 Å². The van der Waals surface area contributed by atoms with Crippen molar-refractivity contribution in [1.29, 1.82) is 0 Å². The maximum Gasteiger partial charge on any atom is 0.302 e. The van der Waals surface area contributed by atoms with Crippen molar-refractivity contribution in [2.24, 2.45) is 34.5 Å². The summed E-state index contributed by atoms with van der Waals surface area (Å²) < 4.78 is 5.30. The lowest BCUT2D eigenvalue weighted by molar-refractivity contribution is -0.186. The van der Waals surface area contributed by atoms with E-state index >= 15 is 0 Å². The lowest BCUT2D eigenvalue weighted by atomic mass is 9.45. The highest BCUT2D eigenvalue weighted by molar-refractivity contribution is 5.95. The van der Waals surface area contributed by atoms with E-state index in [1.54, 1.807) is 13.8 Å². The summed E-state index contributed by atoms with van der Waals surface area (Å²) in [6, 6.07) is 0. The predicted molar refractivity (Wildman–Crippen MR) is 136 cm³/mol. The highest BCUT2D eigenvalue weighted by Gasteiger charge is 2.69. The second-order valence-corrected chi connectivity index (χ2v) is 13.7. The molecule has 4 aliphatic rings. The average Bonchev–Trinajstić information content (AvgIpc) is 3.03. The Balaban J connectivity index is 1.66. The molecule has 4 rings (SSSR count). The molecule has 0 aromatic carbocycles. The van der Waals surface area contributed by atoms with Crippen molar-refractivity contribution in [3.05, 3.63) is 11.6 Å². The van der Waals surface area contributed by atoms with Crippen LogP contribution >= 0.6 is 0 Å². The number of ether oxygens (including phenoxy) is 1. The van der Waals surface area contributed by atoms with Gasteiger partial charge in [0.25, 0.3) is 0 Å². The van der Waals surface area contributed by atoms with E-state index in [9.17, 15) is 35.1 Å². The molecule has 37 heavy (non-hydrogen) atoms. The van der Waals surface area contributed by atoms with Gasteiger partial charge in [0.15, 0.2) is 5.78 Å². The average molecular weight is 523 g/mol. The summed E-state index contributed by atoms with van der Waals surface area (Å²) in [5.74, 6) is -1.96. The molecule has 8 nitrogen and oxygen atoms in total. The van der Waals surface area contributed by atoms with E-state index in [0.717, 1.165) is 0 Å². The number of hydrogen-bond acceptors (Lipinski definition) is 8. The number of allylic oxidation sites excluding steroid dienone is 1. The van der Waals surface area contributed by atoms with Crippen molar-refractivity contribution >= 4 is 11.8 Å². The maximum absolute atomic E-state index is 13.5. The topological polar surface area (TPSA) is 145 Å². The molecular formula is C29H46O8. The van der Waals surface area contributed by atoms with Gasteiger partial charge in [0, 0.05) is 24.2 Å². The molecule has 3 fully saturated rings. The highest BCUT2D eigenvalue weighted by atomic mass is 16.6. The summed E-state index contributed by atoms with van der Waals surface area (Å²) in [6.07, 6.45) is 0.938. The molecule has 8 heteroatoms. The van der Waals surface area contributed by atoms with Crippen molar-refractivity contribution in [2.75, 3.05) is 0 Å². The Hall–Kier alpha value is -1.32. The Morgan fingerprint density at radius 3 is 2.46 bits per heavy atom. The van der Waals surface area contributed by atoms with E-state index in [2.05, 4.69) is 0 Å². The Labute approximate surface area is 220 Å². The molecule has 11 atom stereocenters. The fourth-order valence-electron chi connectivity index (χ4n) is 8.73. The Kier molecular flexibility index (Phi) is 7.29. The Morgan fingerprint density at radius 2 is 1.86 bits per heavy atom. The maximum atomic E-state index is 13.5. The smallest absolute Gasteiger partial charge is 0.302 e. The van der Waals surface area contributed by atoms with Crippen LogP contribution in [0.1, 0.15) is 86.5 Å². The van der Waals surface area contributed by atoms with Crippen molar-refractivity contribution in [2.45, 2.75) is 122 Å². The molecule has 5 N–H and O–H groups in total. The predicted octanol–water partition coefficient (Wildman–Crippen LogP) is 2.28. The molecule has 0 aromatic rings. The minimum absolute atomic E-state index is 0.0864. The van der Waals surface area contributed by atoms with Gasteiger partial charge in [-0.2, -0.15) is 0 Å². The summed E-state index contributed by atoms with van der Waals surface area (Å²) in [7, 11) is 0. The molecule has 0 bridgehead atoms. The Bertz CT molecular complexity index is 954. The van der Waals surface area contributed by atoms with Crippen LogP contribution in [0.25, 0.3) is 0 Å². The van der Waals surface area contributed by atoms with Crippen LogP contribution in [-0.2, 0) is 14.3 Å². The molecule has 0 aliphatic heterocycles. The number of fused-ring (bicyclic) bond motifs is 5. The second-order valence-electron chi connectivity index (χ2n) is 13.7. The van der Waals surface area contributed by atoms with E-state index in [1.807, 2.05) is 20.8 Å². The molecular weight excluding hydrogens is 476 g/mol. The molecule has 3 saturated carbocycles. The largest absolute Gasteiger partial charge is 0.460 e. The van der Waals surface area contributed by atoms with Crippen molar-refractivity contribution in [3.63, 3.8) is 0 Å². The van der Waals surface area contributed by atoms with Crippen LogP contribution in [0.2, 0.25) is 0 Å². The van der Waals surface area contributed by atoms with Gasteiger partial charge < -0.3 is 30.3 Å². The van der Waals surface area contributed by atoms with Crippen LogP contribution in [0.3, 0.4) is 0 Å². The molecule has 0 saturated heterocycles. The third-order valence-electron chi connectivity index (χ3n) is 10.7. The molecule has 0 aromatic heterocycles. The number of esters is 1. The van der Waals surface area contributed by atoms with E-state index in [0.29, 0.717) is 37.7 Å². The van der Waals surface area contributed by atoms with Gasteiger partial charge in [-0.15, -0.1) is 0 Å². The Morgan fingerprint density at radius 1 is 1.22 bits per heavy atom. The van der Waals surface area contributed by atoms with Gasteiger partial charge in [0.05, 0.1) is 29.5 Å². The van der Waals surface area contributed by atoms with Crippen molar-refractivity contribution in [3.8, 4) is 0 Å². The van der Waals surface area contributed by atoms with Gasteiger partial charge >= 0.3 is 5.97 Å². The van der Waals surface area contributed by atoms with Crippen LogP contribution in [0.15, 0.2) is 11.6 Å². The highest BCUT2D eigenvalue weighted by Crippen LogP contribution is 2.68. The van der Waals surface area contributed by atoms with Crippen LogP contribution in [0, 0.1) is 34.5 Å². The summed E-state index contributed by atoms with van der Waals surface area (Å²) in [5.41, 5.74) is -3.18.